The van der Waals surface area contributed by atoms with E-state index in [4.69, 9.17) is 21.1 Å². The molecule has 0 bridgehead atoms. The van der Waals surface area contributed by atoms with Crippen LogP contribution >= 0.6 is 0 Å². The van der Waals surface area contributed by atoms with Gasteiger partial charge in [0, 0.05) is 6.42 Å². The molecule has 0 radical (unpaired) electrons. The fraction of sp³-hybridized carbons (Fsp3) is 0.421. The molecule has 9 N–H and O–H groups in total. The number of aliphatic carboxylic acids is 2. The molecule has 0 aliphatic heterocycles. The van der Waals surface area contributed by atoms with Crippen LogP contribution in [-0.4, -0.2) is 80.9 Å². The van der Waals surface area contributed by atoms with Crippen LogP contribution in [0, 0.1) is 0 Å². The van der Waals surface area contributed by atoms with Crippen molar-refractivity contribution in [2.75, 3.05) is 6.61 Å². The van der Waals surface area contributed by atoms with Crippen LogP contribution in [0.1, 0.15) is 18.9 Å². The van der Waals surface area contributed by atoms with E-state index in [1.54, 1.807) is 0 Å². The van der Waals surface area contributed by atoms with Gasteiger partial charge in [-0.25, -0.2) is 0 Å². The average Bonchev–Trinajstić information content (AvgIpc) is 2.72. The Bertz CT molecular complexity index is 844. The fourth-order valence-corrected chi connectivity index (χ4v) is 2.47. The number of aliphatic hydroxyl groups excluding tert-OH is 1. The summed E-state index contributed by atoms with van der Waals surface area (Å²) in [5.41, 5.74) is 5.95. The van der Waals surface area contributed by atoms with Gasteiger partial charge in [0.05, 0.1) is 13.0 Å². The number of hydrogen-bond acceptors (Lipinski definition) is 8. The van der Waals surface area contributed by atoms with Crippen LogP contribution < -0.4 is 21.7 Å². The van der Waals surface area contributed by atoms with Crippen molar-refractivity contribution in [1.82, 2.24) is 16.0 Å². The van der Waals surface area contributed by atoms with Crippen molar-refractivity contribution in [3.05, 3.63) is 29.8 Å². The third-order valence-corrected chi connectivity index (χ3v) is 4.28. The van der Waals surface area contributed by atoms with Gasteiger partial charge >= 0.3 is 11.9 Å². The summed E-state index contributed by atoms with van der Waals surface area (Å²) in [6, 6.07) is 0.00978. The number of phenolic OH excluding ortho intramolecular Hbond substituents is 1. The van der Waals surface area contributed by atoms with Gasteiger partial charge in [0.2, 0.25) is 17.7 Å². The Morgan fingerprint density at radius 2 is 1.44 bits per heavy atom. The molecule has 1 aromatic rings. The molecule has 32 heavy (non-hydrogen) atoms. The lowest BCUT2D eigenvalue weighted by Crippen LogP contribution is -2.58. The molecule has 0 aliphatic rings. The Morgan fingerprint density at radius 1 is 0.906 bits per heavy atom. The molecule has 0 saturated heterocycles. The molecule has 1 aromatic carbocycles. The Kier molecular flexibility index (Phi) is 10.1. The lowest BCUT2D eigenvalue weighted by atomic mass is 10.0. The minimum absolute atomic E-state index is 0.0353. The van der Waals surface area contributed by atoms with E-state index in [9.17, 15) is 29.1 Å². The number of hydrogen-bond donors (Lipinski definition) is 8. The summed E-state index contributed by atoms with van der Waals surface area (Å²) in [6.45, 7) is 0.459. The molecule has 0 heterocycles. The summed E-state index contributed by atoms with van der Waals surface area (Å²) in [5.74, 6) is -5.69. The zero-order chi connectivity index (χ0) is 24.4. The monoisotopic (exact) mass is 454 g/mol. The van der Waals surface area contributed by atoms with Crippen molar-refractivity contribution in [3.8, 4) is 5.75 Å². The van der Waals surface area contributed by atoms with Gasteiger partial charge in [0.15, 0.2) is 0 Å². The molecular formula is C19H26N4O9. The predicted octanol–water partition coefficient (Wildman–Crippen LogP) is -2.71. The van der Waals surface area contributed by atoms with Crippen LogP contribution in [0.3, 0.4) is 0 Å². The molecule has 176 valence electrons. The number of carbonyl (C=O) groups is 5. The van der Waals surface area contributed by atoms with Gasteiger partial charge < -0.3 is 42.1 Å². The molecule has 3 amide bonds. The zero-order valence-electron chi connectivity index (χ0n) is 17.1. The summed E-state index contributed by atoms with van der Waals surface area (Å²) in [6.07, 6.45) is -0.969. The number of nitrogens with two attached hydrogens (primary N) is 1. The number of benzene rings is 1. The quantitative estimate of drug-likeness (QED) is 0.163. The third-order valence-electron chi connectivity index (χ3n) is 4.28. The van der Waals surface area contributed by atoms with E-state index in [0.29, 0.717) is 5.56 Å². The summed E-state index contributed by atoms with van der Waals surface area (Å²) in [5, 5.41) is 43.0. The Hall–Kier alpha value is -3.71. The summed E-state index contributed by atoms with van der Waals surface area (Å²) in [4.78, 5) is 59.3. The van der Waals surface area contributed by atoms with Crippen LogP contribution in [0.4, 0.5) is 0 Å². The van der Waals surface area contributed by atoms with E-state index in [-0.39, 0.29) is 12.2 Å². The number of rotatable bonds is 12. The van der Waals surface area contributed by atoms with Gasteiger partial charge in [-0.05, 0) is 24.6 Å². The van der Waals surface area contributed by atoms with Crippen LogP contribution in [0.5, 0.6) is 5.75 Å². The zero-order valence-corrected chi connectivity index (χ0v) is 17.1. The largest absolute Gasteiger partial charge is 0.508 e. The second kappa shape index (κ2) is 12.2. The molecule has 0 aromatic heterocycles. The number of carboxylic acids is 2. The van der Waals surface area contributed by atoms with Gasteiger partial charge in [-0.3, -0.25) is 24.0 Å². The molecule has 4 atom stereocenters. The maximum absolute atomic E-state index is 12.8. The highest BCUT2D eigenvalue weighted by Crippen LogP contribution is 2.12. The molecule has 13 nitrogen and oxygen atoms in total. The maximum Gasteiger partial charge on any atom is 0.325 e. The lowest BCUT2D eigenvalue weighted by molar-refractivity contribution is -0.143. The van der Waals surface area contributed by atoms with E-state index in [2.05, 4.69) is 16.0 Å². The van der Waals surface area contributed by atoms with E-state index in [1.807, 2.05) is 0 Å². The van der Waals surface area contributed by atoms with Crippen LogP contribution in [-0.2, 0) is 30.4 Å². The normalized spacial score (nSPS) is 14.3. The van der Waals surface area contributed by atoms with Crippen molar-refractivity contribution in [2.45, 2.75) is 43.9 Å². The third kappa shape index (κ3) is 8.57. The smallest absolute Gasteiger partial charge is 0.325 e. The van der Waals surface area contributed by atoms with Gasteiger partial charge in [-0.2, -0.15) is 0 Å². The fourth-order valence-electron chi connectivity index (χ4n) is 2.47. The number of phenols is 1. The first-order valence-electron chi connectivity index (χ1n) is 9.44. The standard InChI is InChI=1S/C19H26N4O9/c1-9(19(31)32)21-17(29)14(7-15(26)27)23-18(30)13(22-16(28)12(20)8-24)6-10-2-4-11(25)5-3-10/h2-5,9,12-14,24-25H,6-8,20H2,1H3,(H,21,29)(H,22,28)(H,23,30)(H,26,27)(H,31,32). The first-order chi connectivity index (χ1) is 14.9. The number of amides is 3. The SMILES string of the molecule is CC(NC(=O)C(CC(=O)O)NC(=O)C(Cc1ccc(O)cc1)NC(=O)C(N)CO)C(=O)O. The van der Waals surface area contributed by atoms with E-state index < -0.39 is 66.9 Å². The number of carbonyl (C=O) groups excluding carboxylic acids is 3. The van der Waals surface area contributed by atoms with Crippen LogP contribution in [0.2, 0.25) is 0 Å². The predicted molar refractivity (Wildman–Crippen MR) is 108 cm³/mol. The summed E-state index contributed by atoms with van der Waals surface area (Å²) < 4.78 is 0. The Morgan fingerprint density at radius 3 is 1.94 bits per heavy atom. The molecule has 0 aliphatic carbocycles. The summed E-state index contributed by atoms with van der Waals surface area (Å²) in [7, 11) is 0. The van der Waals surface area contributed by atoms with Crippen molar-refractivity contribution in [2.24, 2.45) is 5.73 Å². The average molecular weight is 454 g/mol. The van der Waals surface area contributed by atoms with Crippen molar-refractivity contribution in [3.63, 3.8) is 0 Å². The molecule has 13 heteroatoms. The number of nitrogens with one attached hydrogen (secondary N) is 3. The highest BCUT2D eigenvalue weighted by molar-refractivity contribution is 5.95. The minimum Gasteiger partial charge on any atom is -0.508 e. The van der Waals surface area contributed by atoms with Gasteiger partial charge in [-0.1, -0.05) is 12.1 Å². The Labute approximate surface area is 182 Å². The van der Waals surface area contributed by atoms with Crippen LogP contribution in [0.25, 0.3) is 0 Å². The van der Waals surface area contributed by atoms with Crippen molar-refractivity contribution >= 4 is 29.7 Å². The highest BCUT2D eigenvalue weighted by atomic mass is 16.4. The minimum atomic E-state index is -1.63. The molecule has 4 unspecified atom stereocenters. The second-order valence-electron chi connectivity index (χ2n) is 6.95. The molecule has 0 fully saturated rings. The Balaban J connectivity index is 3.07. The first-order valence-corrected chi connectivity index (χ1v) is 9.44. The van der Waals surface area contributed by atoms with Crippen LogP contribution in [0.15, 0.2) is 24.3 Å². The number of aromatic hydroxyl groups is 1. The van der Waals surface area contributed by atoms with Gasteiger partial charge in [0.25, 0.3) is 0 Å². The number of aliphatic hydroxyl groups is 1. The van der Waals surface area contributed by atoms with E-state index in [1.165, 1.54) is 24.3 Å². The number of carboxylic acid groups (broad SMARTS) is 2. The summed E-state index contributed by atoms with van der Waals surface area (Å²) >= 11 is 0. The lowest BCUT2D eigenvalue weighted by Gasteiger charge is -2.24. The van der Waals surface area contributed by atoms with Gasteiger partial charge in [0.1, 0.15) is 29.9 Å². The van der Waals surface area contributed by atoms with E-state index in [0.717, 1.165) is 6.92 Å². The van der Waals surface area contributed by atoms with Crippen molar-refractivity contribution in [1.29, 1.82) is 0 Å². The molecule has 1 rings (SSSR count). The van der Waals surface area contributed by atoms with Crippen molar-refractivity contribution < 1.29 is 44.4 Å². The highest BCUT2D eigenvalue weighted by Gasteiger charge is 2.30. The first kappa shape index (κ1) is 26.3. The maximum atomic E-state index is 12.8. The topological polar surface area (TPSA) is 228 Å². The second-order valence-corrected chi connectivity index (χ2v) is 6.95. The molecule has 0 saturated carbocycles. The van der Waals surface area contributed by atoms with E-state index >= 15 is 0 Å². The molecule has 0 spiro atoms. The van der Waals surface area contributed by atoms with Gasteiger partial charge in [-0.15, -0.1) is 0 Å². The molecular weight excluding hydrogens is 428 g/mol.